The van der Waals surface area contributed by atoms with Gasteiger partial charge in [0.15, 0.2) is 0 Å². The van der Waals surface area contributed by atoms with Crippen molar-refractivity contribution in [3.05, 3.63) is 46.3 Å². The lowest BCUT2D eigenvalue weighted by atomic mass is 10.0. The lowest BCUT2D eigenvalue weighted by Gasteiger charge is -2.37. The number of nitro groups is 1. The van der Waals surface area contributed by atoms with E-state index in [4.69, 9.17) is 4.74 Å². The number of nitrogens with zero attached hydrogens (tertiary/aromatic N) is 5. The molecule has 2 heterocycles. The van der Waals surface area contributed by atoms with Crippen LogP contribution in [0, 0.1) is 10.1 Å². The number of carbonyl (C=O) groups excluding carboxylic acids is 1. The average molecular weight is 346 g/mol. The van der Waals surface area contributed by atoms with Crippen LogP contribution in [-0.4, -0.2) is 57.2 Å². The number of hydrogen-bond acceptors (Lipinski definition) is 7. The Morgan fingerprint density at radius 3 is 3.00 bits per heavy atom. The minimum absolute atomic E-state index is 0.105. The van der Waals surface area contributed by atoms with E-state index >= 15 is 0 Å². The van der Waals surface area contributed by atoms with Crippen LogP contribution < -0.4 is 10.1 Å². The molecule has 1 aliphatic rings. The van der Waals surface area contributed by atoms with E-state index in [1.54, 1.807) is 12.0 Å². The molecule has 1 N–H and O–H groups in total. The summed E-state index contributed by atoms with van der Waals surface area (Å²) in [5.41, 5.74) is 0.912. The molecule has 0 radical (unpaired) electrons. The average Bonchev–Trinajstić information content (AvgIpc) is 3.10. The number of benzene rings is 1. The van der Waals surface area contributed by atoms with Gasteiger partial charge in [-0.05, 0) is 11.0 Å². The minimum Gasteiger partial charge on any atom is -0.496 e. The molecule has 1 aliphatic heterocycles. The van der Waals surface area contributed by atoms with Crippen LogP contribution in [-0.2, 0) is 11.3 Å². The molecule has 1 saturated heterocycles. The monoisotopic (exact) mass is 346 g/mol. The van der Waals surface area contributed by atoms with E-state index in [1.165, 1.54) is 11.0 Å². The Bertz CT molecular complexity index is 777. The summed E-state index contributed by atoms with van der Waals surface area (Å²) in [4.78, 5) is 28.0. The predicted octanol–water partition coefficient (Wildman–Crippen LogP) is 0.368. The normalized spacial score (nSPS) is 17.3. The van der Waals surface area contributed by atoms with Crippen molar-refractivity contribution >= 4 is 11.9 Å². The fourth-order valence-corrected chi connectivity index (χ4v) is 2.90. The van der Waals surface area contributed by atoms with Crippen molar-refractivity contribution in [1.29, 1.82) is 0 Å². The summed E-state index contributed by atoms with van der Waals surface area (Å²) in [6.45, 7) is 1.70. The van der Waals surface area contributed by atoms with Crippen LogP contribution in [0.15, 0.2) is 30.6 Å². The highest BCUT2D eigenvalue weighted by Gasteiger charge is 2.30. The van der Waals surface area contributed by atoms with E-state index in [9.17, 15) is 14.9 Å². The molecule has 1 aromatic heterocycles. The SMILES string of the molecule is COc1ccccc1C1CNCCN1C(=O)Cn1cnc([N+](=O)[O-])n1. The van der Waals surface area contributed by atoms with E-state index in [-0.39, 0.29) is 18.5 Å². The van der Waals surface area contributed by atoms with Gasteiger partial charge in [0.1, 0.15) is 12.3 Å². The highest BCUT2D eigenvalue weighted by atomic mass is 16.6. The first-order chi connectivity index (χ1) is 12.1. The summed E-state index contributed by atoms with van der Waals surface area (Å²) in [5.74, 6) is 0.0111. The first kappa shape index (κ1) is 16.8. The zero-order chi connectivity index (χ0) is 17.8. The molecule has 0 bridgehead atoms. The Morgan fingerprint density at radius 2 is 2.28 bits per heavy atom. The maximum absolute atomic E-state index is 12.7. The van der Waals surface area contributed by atoms with Gasteiger partial charge in [-0.3, -0.25) is 4.79 Å². The number of piperazine rings is 1. The molecule has 1 unspecified atom stereocenters. The van der Waals surface area contributed by atoms with Crippen LogP contribution in [0.4, 0.5) is 5.95 Å². The van der Waals surface area contributed by atoms with Crippen LogP contribution in [0.5, 0.6) is 5.75 Å². The van der Waals surface area contributed by atoms with Crippen molar-refractivity contribution in [2.45, 2.75) is 12.6 Å². The molecule has 1 amide bonds. The number of ether oxygens (including phenoxy) is 1. The van der Waals surface area contributed by atoms with Crippen molar-refractivity contribution in [3.8, 4) is 5.75 Å². The number of aromatic nitrogens is 3. The van der Waals surface area contributed by atoms with E-state index < -0.39 is 10.9 Å². The number of nitrogens with one attached hydrogen (secondary N) is 1. The van der Waals surface area contributed by atoms with Gasteiger partial charge in [0, 0.05) is 30.3 Å². The van der Waals surface area contributed by atoms with Crippen LogP contribution in [0.2, 0.25) is 0 Å². The summed E-state index contributed by atoms with van der Waals surface area (Å²) < 4.78 is 6.59. The quantitative estimate of drug-likeness (QED) is 0.614. The molecule has 0 spiro atoms. The molecule has 0 saturated carbocycles. The summed E-state index contributed by atoms with van der Waals surface area (Å²) in [5, 5.41) is 17.6. The molecule has 1 aromatic carbocycles. The molecule has 3 rings (SSSR count). The Morgan fingerprint density at radius 1 is 1.48 bits per heavy atom. The Balaban J connectivity index is 1.80. The minimum atomic E-state index is -0.691. The zero-order valence-electron chi connectivity index (χ0n) is 13.7. The zero-order valence-corrected chi connectivity index (χ0v) is 13.7. The Kier molecular flexibility index (Phi) is 4.89. The van der Waals surface area contributed by atoms with Crippen LogP contribution in [0.25, 0.3) is 0 Å². The van der Waals surface area contributed by atoms with Gasteiger partial charge < -0.3 is 25.1 Å². The van der Waals surface area contributed by atoms with Gasteiger partial charge in [0.05, 0.1) is 13.2 Å². The third-order valence-corrected chi connectivity index (χ3v) is 4.05. The first-order valence-corrected chi connectivity index (χ1v) is 7.77. The fraction of sp³-hybridized carbons (Fsp3) is 0.400. The molecule has 10 heteroatoms. The lowest BCUT2D eigenvalue weighted by molar-refractivity contribution is -0.394. The van der Waals surface area contributed by atoms with Crippen LogP contribution in [0.3, 0.4) is 0 Å². The molecule has 2 aromatic rings. The molecule has 132 valence electrons. The first-order valence-electron chi connectivity index (χ1n) is 7.77. The third kappa shape index (κ3) is 3.58. The van der Waals surface area contributed by atoms with Gasteiger partial charge in [0.2, 0.25) is 12.2 Å². The van der Waals surface area contributed by atoms with Gasteiger partial charge in [-0.15, -0.1) is 0 Å². The molecule has 25 heavy (non-hydrogen) atoms. The van der Waals surface area contributed by atoms with E-state index in [1.807, 2.05) is 24.3 Å². The number of amides is 1. The standard InChI is InChI=1S/C15H18N6O4/c1-25-13-5-3-2-4-11(13)12-8-16-6-7-20(12)14(22)9-19-10-17-15(18-19)21(23)24/h2-5,10,12,16H,6-9H2,1H3. The molecule has 1 fully saturated rings. The molecule has 1 atom stereocenters. The Hall–Kier alpha value is -3.01. The largest absolute Gasteiger partial charge is 0.496 e. The third-order valence-electron chi connectivity index (χ3n) is 4.05. The number of rotatable bonds is 5. The second-order valence-corrected chi connectivity index (χ2v) is 5.55. The molecule has 10 nitrogen and oxygen atoms in total. The van der Waals surface area contributed by atoms with Crippen LogP contribution >= 0.6 is 0 Å². The molecular formula is C15H18N6O4. The summed E-state index contributed by atoms with van der Waals surface area (Å²) >= 11 is 0. The number of hydrogen-bond donors (Lipinski definition) is 1. The topological polar surface area (TPSA) is 115 Å². The number of methoxy groups -OCH3 is 1. The summed E-state index contributed by atoms with van der Waals surface area (Å²) in [7, 11) is 1.59. The second-order valence-electron chi connectivity index (χ2n) is 5.55. The van der Waals surface area contributed by atoms with Gasteiger partial charge >= 0.3 is 5.95 Å². The van der Waals surface area contributed by atoms with Crippen molar-refractivity contribution < 1.29 is 14.5 Å². The summed E-state index contributed by atoms with van der Waals surface area (Å²) in [6, 6.07) is 7.37. The van der Waals surface area contributed by atoms with Crippen LogP contribution in [0.1, 0.15) is 11.6 Å². The van der Waals surface area contributed by atoms with E-state index in [0.717, 1.165) is 5.56 Å². The second kappa shape index (κ2) is 7.26. The predicted molar refractivity (Wildman–Crippen MR) is 87.0 cm³/mol. The number of para-hydroxylation sites is 1. The van der Waals surface area contributed by atoms with Gasteiger partial charge in [0.25, 0.3) is 0 Å². The smallest absolute Gasteiger partial charge is 0.490 e. The fourth-order valence-electron chi connectivity index (χ4n) is 2.90. The Labute approximate surface area is 143 Å². The van der Waals surface area contributed by atoms with E-state index in [2.05, 4.69) is 15.4 Å². The van der Waals surface area contributed by atoms with Gasteiger partial charge in [-0.2, -0.15) is 4.68 Å². The van der Waals surface area contributed by atoms with Crippen molar-refractivity contribution in [2.75, 3.05) is 26.7 Å². The van der Waals surface area contributed by atoms with Crippen molar-refractivity contribution in [2.24, 2.45) is 0 Å². The van der Waals surface area contributed by atoms with Gasteiger partial charge in [-0.25, -0.2) is 0 Å². The van der Waals surface area contributed by atoms with Gasteiger partial charge in [-0.1, -0.05) is 23.2 Å². The number of carbonyl (C=O) groups is 1. The maximum Gasteiger partial charge on any atom is 0.490 e. The van der Waals surface area contributed by atoms with E-state index in [0.29, 0.717) is 25.4 Å². The highest BCUT2D eigenvalue weighted by molar-refractivity contribution is 5.76. The van der Waals surface area contributed by atoms with Crippen molar-refractivity contribution in [3.63, 3.8) is 0 Å². The summed E-state index contributed by atoms with van der Waals surface area (Å²) in [6.07, 6.45) is 1.19. The highest BCUT2D eigenvalue weighted by Crippen LogP contribution is 2.30. The molecular weight excluding hydrogens is 328 g/mol. The van der Waals surface area contributed by atoms with Crippen molar-refractivity contribution in [1.82, 2.24) is 25.0 Å². The lowest BCUT2D eigenvalue weighted by Crippen LogP contribution is -2.49. The molecule has 0 aliphatic carbocycles. The maximum atomic E-state index is 12.7.